The second kappa shape index (κ2) is 4.83. The largest absolute Gasteiger partial charge is 0.461 e. The molecule has 0 aliphatic heterocycles. The van der Waals surface area contributed by atoms with Gasteiger partial charge in [0.15, 0.2) is 5.69 Å². The van der Waals surface area contributed by atoms with Crippen LogP contribution in [0.2, 0.25) is 5.15 Å². The quantitative estimate of drug-likeness (QED) is 0.590. The van der Waals surface area contributed by atoms with Crippen molar-refractivity contribution in [1.82, 2.24) is 4.98 Å². The maximum atomic E-state index is 11.7. The van der Waals surface area contributed by atoms with Crippen molar-refractivity contribution in [2.45, 2.75) is 33.1 Å². The minimum Gasteiger partial charge on any atom is -0.461 e. The first-order valence-electron chi connectivity index (χ1n) is 5.20. The van der Waals surface area contributed by atoms with Crippen LogP contribution in [0.1, 0.15) is 43.7 Å². The predicted octanol–water partition coefficient (Wildman–Crippen LogP) is 3.21. The van der Waals surface area contributed by atoms with Gasteiger partial charge in [0.25, 0.3) is 0 Å². The van der Waals surface area contributed by atoms with Gasteiger partial charge in [0.1, 0.15) is 5.15 Å². The van der Waals surface area contributed by atoms with Crippen LogP contribution < -0.4 is 0 Å². The molecule has 1 heterocycles. The molecular formula is C12H16ClNO2. The summed E-state index contributed by atoms with van der Waals surface area (Å²) in [6, 6.07) is 3.51. The van der Waals surface area contributed by atoms with E-state index in [1.54, 1.807) is 13.0 Å². The van der Waals surface area contributed by atoms with Gasteiger partial charge in [-0.25, -0.2) is 9.78 Å². The number of pyridine rings is 1. The maximum Gasteiger partial charge on any atom is 0.357 e. The number of ether oxygens (including phenoxy) is 1. The normalized spacial score (nSPS) is 11.3. The number of carbonyl (C=O) groups is 1. The van der Waals surface area contributed by atoms with E-state index in [0.29, 0.717) is 17.5 Å². The molecule has 0 atom stereocenters. The Morgan fingerprint density at radius 3 is 2.56 bits per heavy atom. The van der Waals surface area contributed by atoms with Gasteiger partial charge in [-0.2, -0.15) is 0 Å². The molecule has 0 aliphatic rings. The lowest BCUT2D eigenvalue weighted by molar-refractivity contribution is 0.0516. The van der Waals surface area contributed by atoms with Crippen molar-refractivity contribution in [3.8, 4) is 0 Å². The monoisotopic (exact) mass is 241 g/mol. The Hall–Kier alpha value is -1.09. The maximum absolute atomic E-state index is 11.7. The molecule has 0 N–H and O–H groups in total. The van der Waals surface area contributed by atoms with E-state index in [1.165, 1.54) is 0 Å². The van der Waals surface area contributed by atoms with Crippen molar-refractivity contribution < 1.29 is 9.53 Å². The van der Waals surface area contributed by atoms with Gasteiger partial charge in [0.2, 0.25) is 0 Å². The molecule has 0 bridgehead atoms. The summed E-state index contributed by atoms with van der Waals surface area (Å²) >= 11 is 5.79. The molecule has 4 heteroatoms. The number of carbonyl (C=O) groups excluding carboxylic acids is 1. The van der Waals surface area contributed by atoms with Crippen LogP contribution in [0.5, 0.6) is 0 Å². The summed E-state index contributed by atoms with van der Waals surface area (Å²) in [5, 5.41) is 0.302. The Labute approximate surface area is 101 Å². The van der Waals surface area contributed by atoms with Crippen molar-refractivity contribution >= 4 is 17.6 Å². The van der Waals surface area contributed by atoms with Crippen molar-refractivity contribution in [1.29, 1.82) is 0 Å². The molecule has 88 valence electrons. The third kappa shape index (κ3) is 2.95. The van der Waals surface area contributed by atoms with E-state index in [0.717, 1.165) is 5.56 Å². The van der Waals surface area contributed by atoms with Crippen molar-refractivity contribution in [3.63, 3.8) is 0 Å². The number of aromatic nitrogens is 1. The summed E-state index contributed by atoms with van der Waals surface area (Å²) in [4.78, 5) is 15.8. The lowest BCUT2D eigenvalue weighted by atomic mass is 9.86. The molecule has 0 spiro atoms. The molecule has 16 heavy (non-hydrogen) atoms. The Bertz CT molecular complexity index is 396. The van der Waals surface area contributed by atoms with Crippen LogP contribution in [0.15, 0.2) is 12.1 Å². The molecule has 0 aliphatic carbocycles. The minimum atomic E-state index is -0.421. The summed E-state index contributed by atoms with van der Waals surface area (Å²) in [5.74, 6) is -0.421. The number of esters is 1. The highest BCUT2D eigenvalue weighted by Gasteiger charge is 2.24. The average Bonchev–Trinajstić information content (AvgIpc) is 2.16. The molecule has 0 unspecified atom stereocenters. The van der Waals surface area contributed by atoms with Gasteiger partial charge in [-0.05, 0) is 24.0 Å². The van der Waals surface area contributed by atoms with Gasteiger partial charge in [0, 0.05) is 0 Å². The smallest absolute Gasteiger partial charge is 0.357 e. The van der Waals surface area contributed by atoms with Crippen LogP contribution in [0, 0.1) is 0 Å². The zero-order valence-electron chi connectivity index (χ0n) is 10.0. The highest BCUT2D eigenvalue weighted by molar-refractivity contribution is 6.29. The lowest BCUT2D eigenvalue weighted by Crippen LogP contribution is -2.19. The summed E-state index contributed by atoms with van der Waals surface area (Å²) in [5.41, 5.74) is 0.983. The molecule has 1 aromatic heterocycles. The summed E-state index contributed by atoms with van der Waals surface area (Å²) in [7, 11) is 0. The Balaban J connectivity index is 3.24. The van der Waals surface area contributed by atoms with Crippen LogP contribution in [-0.2, 0) is 10.2 Å². The Kier molecular flexibility index (Phi) is 3.92. The van der Waals surface area contributed by atoms with Crippen LogP contribution in [0.3, 0.4) is 0 Å². The average molecular weight is 242 g/mol. The van der Waals surface area contributed by atoms with E-state index >= 15 is 0 Å². The van der Waals surface area contributed by atoms with Gasteiger partial charge < -0.3 is 4.74 Å². The minimum absolute atomic E-state index is 0.167. The first-order chi connectivity index (χ1) is 7.36. The fourth-order valence-electron chi connectivity index (χ4n) is 1.40. The summed E-state index contributed by atoms with van der Waals surface area (Å²) < 4.78 is 4.96. The third-order valence-electron chi connectivity index (χ3n) is 2.14. The molecule has 0 amide bonds. The van der Waals surface area contributed by atoms with Crippen molar-refractivity contribution in [2.24, 2.45) is 0 Å². The number of nitrogens with zero attached hydrogens (tertiary/aromatic N) is 1. The topological polar surface area (TPSA) is 39.2 Å². The summed E-state index contributed by atoms with van der Waals surface area (Å²) in [6.07, 6.45) is 0. The van der Waals surface area contributed by atoms with Gasteiger partial charge >= 0.3 is 5.97 Å². The van der Waals surface area contributed by atoms with Crippen LogP contribution in [0.25, 0.3) is 0 Å². The van der Waals surface area contributed by atoms with Gasteiger partial charge in [0.05, 0.1) is 6.61 Å². The standard InChI is InChI=1S/C12H16ClNO2/c1-5-16-11(15)10-8(12(2,3)4)6-7-9(13)14-10/h6-7H,5H2,1-4H3. The molecule has 0 saturated carbocycles. The van der Waals surface area contributed by atoms with E-state index in [1.807, 2.05) is 26.8 Å². The second-order valence-corrected chi connectivity index (χ2v) is 4.89. The molecule has 3 nitrogen and oxygen atoms in total. The van der Waals surface area contributed by atoms with Gasteiger partial charge in [-0.3, -0.25) is 0 Å². The SMILES string of the molecule is CCOC(=O)c1nc(Cl)ccc1C(C)(C)C. The van der Waals surface area contributed by atoms with E-state index in [-0.39, 0.29) is 5.41 Å². The predicted molar refractivity (Wildman–Crippen MR) is 63.9 cm³/mol. The van der Waals surface area contributed by atoms with Crippen LogP contribution in [-0.4, -0.2) is 17.6 Å². The molecule has 1 aromatic rings. The molecule has 0 fully saturated rings. The van der Waals surface area contributed by atoms with E-state index in [2.05, 4.69) is 4.98 Å². The molecule has 0 saturated heterocycles. The number of halogens is 1. The molecule has 0 aromatic carbocycles. The van der Waals surface area contributed by atoms with E-state index < -0.39 is 5.97 Å². The van der Waals surface area contributed by atoms with E-state index in [9.17, 15) is 4.79 Å². The molecular weight excluding hydrogens is 226 g/mol. The van der Waals surface area contributed by atoms with Crippen LogP contribution >= 0.6 is 11.6 Å². The lowest BCUT2D eigenvalue weighted by Gasteiger charge is -2.21. The highest BCUT2D eigenvalue weighted by Crippen LogP contribution is 2.26. The van der Waals surface area contributed by atoms with Crippen LogP contribution in [0.4, 0.5) is 0 Å². The fourth-order valence-corrected chi connectivity index (χ4v) is 1.54. The zero-order chi connectivity index (χ0) is 12.3. The van der Waals surface area contributed by atoms with Gasteiger partial charge in [-0.15, -0.1) is 0 Å². The number of hydrogen-bond acceptors (Lipinski definition) is 3. The van der Waals surface area contributed by atoms with Gasteiger partial charge in [-0.1, -0.05) is 38.4 Å². The number of rotatable bonds is 2. The Morgan fingerprint density at radius 1 is 1.44 bits per heavy atom. The fraction of sp³-hybridized carbons (Fsp3) is 0.500. The molecule has 0 radical (unpaired) electrons. The first-order valence-corrected chi connectivity index (χ1v) is 5.58. The van der Waals surface area contributed by atoms with E-state index in [4.69, 9.17) is 16.3 Å². The molecule has 1 rings (SSSR count). The van der Waals surface area contributed by atoms with Crippen molar-refractivity contribution in [3.05, 3.63) is 28.5 Å². The summed E-state index contributed by atoms with van der Waals surface area (Å²) in [6.45, 7) is 8.14. The first kappa shape index (κ1) is 13.0. The third-order valence-corrected chi connectivity index (χ3v) is 2.35. The Morgan fingerprint density at radius 2 is 2.06 bits per heavy atom. The van der Waals surface area contributed by atoms with Crippen molar-refractivity contribution in [2.75, 3.05) is 6.61 Å². The zero-order valence-corrected chi connectivity index (χ0v) is 10.8. The second-order valence-electron chi connectivity index (χ2n) is 4.50. The highest BCUT2D eigenvalue weighted by atomic mass is 35.5. The number of hydrogen-bond donors (Lipinski definition) is 0.